The maximum atomic E-state index is 11.6. The van der Waals surface area contributed by atoms with Gasteiger partial charge in [0.1, 0.15) is 10.0 Å². The van der Waals surface area contributed by atoms with E-state index in [1.165, 1.54) is 6.92 Å². The monoisotopic (exact) mass is 346 g/mol. The normalized spacial score (nSPS) is 16.7. The van der Waals surface area contributed by atoms with Crippen molar-refractivity contribution in [1.82, 2.24) is 15.5 Å². The minimum absolute atomic E-state index is 0.0711. The summed E-state index contributed by atoms with van der Waals surface area (Å²) in [6.45, 7) is 3.08. The number of hydrogen-bond acceptors (Lipinski definition) is 6. The molecule has 1 aliphatic heterocycles. The van der Waals surface area contributed by atoms with Crippen LogP contribution >= 0.6 is 11.3 Å². The molecule has 3 N–H and O–H groups in total. The molecule has 1 aromatic carbocycles. The van der Waals surface area contributed by atoms with Gasteiger partial charge in [-0.3, -0.25) is 4.79 Å². The van der Waals surface area contributed by atoms with E-state index in [1.807, 2.05) is 24.3 Å². The van der Waals surface area contributed by atoms with E-state index in [0.29, 0.717) is 12.3 Å². The fraction of sp³-hybridized carbons (Fsp3) is 0.471. The average Bonchev–Trinajstić information content (AvgIpc) is 3.07. The molecule has 0 aliphatic carbocycles. The molecule has 7 heteroatoms. The molecular formula is C17H22N4O2S. The van der Waals surface area contributed by atoms with Gasteiger partial charge in [0.2, 0.25) is 5.91 Å². The first-order chi connectivity index (χ1) is 11.6. The second-order valence-electron chi connectivity index (χ2n) is 6.06. The quantitative estimate of drug-likeness (QED) is 0.812. The van der Waals surface area contributed by atoms with Gasteiger partial charge in [0.15, 0.2) is 0 Å². The fourth-order valence-electron chi connectivity index (χ4n) is 2.83. The Morgan fingerprint density at radius 2 is 2.04 bits per heavy atom. The van der Waals surface area contributed by atoms with E-state index in [9.17, 15) is 4.79 Å². The summed E-state index contributed by atoms with van der Waals surface area (Å²) >= 11 is 1.59. The SMILES string of the molecule is CC(=O)N[C@@H](Cc1ccc(N)cc1)c1nnc(C2CCOCC2)s1. The molecule has 2 heterocycles. The summed E-state index contributed by atoms with van der Waals surface area (Å²) in [4.78, 5) is 11.6. The van der Waals surface area contributed by atoms with Crippen LogP contribution in [0.5, 0.6) is 0 Å². The highest BCUT2D eigenvalue weighted by Crippen LogP contribution is 2.31. The van der Waals surface area contributed by atoms with Gasteiger partial charge < -0.3 is 15.8 Å². The highest BCUT2D eigenvalue weighted by molar-refractivity contribution is 7.11. The Balaban J connectivity index is 1.76. The molecule has 128 valence electrons. The molecule has 1 aromatic heterocycles. The Bertz CT molecular complexity index is 680. The predicted molar refractivity (Wildman–Crippen MR) is 93.8 cm³/mol. The number of nitrogens with zero attached hydrogens (tertiary/aromatic N) is 2. The van der Waals surface area contributed by atoms with Crippen LogP contribution < -0.4 is 11.1 Å². The van der Waals surface area contributed by atoms with Crippen molar-refractivity contribution in [2.75, 3.05) is 18.9 Å². The van der Waals surface area contributed by atoms with Crippen LogP contribution in [-0.4, -0.2) is 29.3 Å². The van der Waals surface area contributed by atoms with Crippen molar-refractivity contribution < 1.29 is 9.53 Å². The highest BCUT2D eigenvalue weighted by Gasteiger charge is 2.23. The summed E-state index contributed by atoms with van der Waals surface area (Å²) in [6.07, 6.45) is 2.64. The van der Waals surface area contributed by atoms with Gasteiger partial charge >= 0.3 is 0 Å². The summed E-state index contributed by atoms with van der Waals surface area (Å²) in [5.41, 5.74) is 7.57. The lowest BCUT2D eigenvalue weighted by Gasteiger charge is -2.19. The first-order valence-electron chi connectivity index (χ1n) is 8.14. The number of rotatable bonds is 5. The second-order valence-corrected chi connectivity index (χ2v) is 7.10. The molecule has 1 fully saturated rings. The molecule has 24 heavy (non-hydrogen) atoms. The van der Waals surface area contributed by atoms with Crippen molar-refractivity contribution in [3.05, 3.63) is 39.8 Å². The molecule has 0 radical (unpaired) electrons. The number of carbonyl (C=O) groups excluding carboxylic acids is 1. The smallest absolute Gasteiger partial charge is 0.217 e. The van der Waals surface area contributed by atoms with Crippen molar-refractivity contribution in [3.63, 3.8) is 0 Å². The third-order valence-electron chi connectivity index (χ3n) is 4.12. The molecule has 1 atom stereocenters. The maximum absolute atomic E-state index is 11.6. The lowest BCUT2D eigenvalue weighted by molar-refractivity contribution is -0.119. The molecule has 6 nitrogen and oxygen atoms in total. The van der Waals surface area contributed by atoms with Gasteiger partial charge in [-0.2, -0.15) is 0 Å². The number of amides is 1. The lowest BCUT2D eigenvalue weighted by atomic mass is 10.0. The largest absolute Gasteiger partial charge is 0.399 e. The van der Waals surface area contributed by atoms with Gasteiger partial charge in [-0.05, 0) is 37.0 Å². The Kier molecular flexibility index (Phi) is 5.42. The van der Waals surface area contributed by atoms with Crippen molar-refractivity contribution >= 4 is 22.9 Å². The number of nitrogens with one attached hydrogen (secondary N) is 1. The van der Waals surface area contributed by atoms with Crippen molar-refractivity contribution in [3.8, 4) is 0 Å². The van der Waals surface area contributed by atoms with Gasteiger partial charge in [0.25, 0.3) is 0 Å². The van der Waals surface area contributed by atoms with Crippen LogP contribution in [0.2, 0.25) is 0 Å². The molecule has 2 aromatic rings. The number of aromatic nitrogens is 2. The third-order valence-corrected chi connectivity index (χ3v) is 5.32. The number of nitrogens with two attached hydrogens (primary N) is 1. The summed E-state index contributed by atoms with van der Waals surface area (Å²) in [7, 11) is 0. The first kappa shape index (κ1) is 16.9. The van der Waals surface area contributed by atoms with Crippen LogP contribution in [0.15, 0.2) is 24.3 Å². The van der Waals surface area contributed by atoms with Gasteiger partial charge in [0.05, 0.1) is 6.04 Å². The fourth-order valence-corrected chi connectivity index (χ4v) is 3.90. The Labute approximate surface area is 145 Å². The molecule has 0 unspecified atom stereocenters. The van der Waals surface area contributed by atoms with Crippen LogP contribution in [0.3, 0.4) is 0 Å². The third kappa shape index (κ3) is 4.30. The van der Waals surface area contributed by atoms with Crippen LogP contribution in [0, 0.1) is 0 Å². The van der Waals surface area contributed by atoms with E-state index in [1.54, 1.807) is 11.3 Å². The molecule has 1 amide bonds. The van der Waals surface area contributed by atoms with E-state index in [-0.39, 0.29) is 11.9 Å². The molecule has 0 spiro atoms. The zero-order chi connectivity index (χ0) is 16.9. The molecule has 1 saturated heterocycles. The van der Waals surface area contributed by atoms with Crippen molar-refractivity contribution in [2.45, 2.75) is 38.1 Å². The topological polar surface area (TPSA) is 90.1 Å². The van der Waals surface area contributed by atoms with Crippen LogP contribution in [0.25, 0.3) is 0 Å². The minimum atomic E-state index is -0.169. The predicted octanol–water partition coefficient (Wildman–Crippen LogP) is 2.43. The Morgan fingerprint density at radius 3 is 2.71 bits per heavy atom. The zero-order valence-electron chi connectivity index (χ0n) is 13.7. The van der Waals surface area contributed by atoms with E-state index in [4.69, 9.17) is 10.5 Å². The highest BCUT2D eigenvalue weighted by atomic mass is 32.1. The second kappa shape index (κ2) is 7.72. The molecule has 0 bridgehead atoms. The number of hydrogen-bond donors (Lipinski definition) is 2. The summed E-state index contributed by atoms with van der Waals surface area (Å²) in [6, 6.07) is 7.52. The van der Waals surface area contributed by atoms with Crippen molar-refractivity contribution in [1.29, 1.82) is 0 Å². The number of benzene rings is 1. The number of ether oxygens (including phenoxy) is 1. The Morgan fingerprint density at radius 1 is 1.33 bits per heavy atom. The van der Waals surface area contributed by atoms with E-state index in [0.717, 1.165) is 47.3 Å². The maximum Gasteiger partial charge on any atom is 0.217 e. The minimum Gasteiger partial charge on any atom is -0.399 e. The molecular weight excluding hydrogens is 324 g/mol. The first-order valence-corrected chi connectivity index (χ1v) is 8.96. The molecule has 0 saturated carbocycles. The summed E-state index contributed by atoms with van der Waals surface area (Å²) in [5.74, 6) is 0.345. The van der Waals surface area contributed by atoms with Crippen molar-refractivity contribution in [2.24, 2.45) is 0 Å². The van der Waals surface area contributed by atoms with Gasteiger partial charge in [-0.1, -0.05) is 23.5 Å². The van der Waals surface area contributed by atoms with E-state index in [2.05, 4.69) is 15.5 Å². The number of nitrogen functional groups attached to an aromatic ring is 1. The van der Waals surface area contributed by atoms with Crippen LogP contribution in [0.4, 0.5) is 5.69 Å². The zero-order valence-corrected chi connectivity index (χ0v) is 14.5. The van der Waals surface area contributed by atoms with Gasteiger partial charge in [-0.25, -0.2) is 0 Å². The Hall–Kier alpha value is -1.99. The number of anilines is 1. The van der Waals surface area contributed by atoms with Crippen LogP contribution in [-0.2, 0) is 16.0 Å². The average molecular weight is 346 g/mol. The van der Waals surface area contributed by atoms with E-state index < -0.39 is 0 Å². The van der Waals surface area contributed by atoms with Gasteiger partial charge in [-0.15, -0.1) is 10.2 Å². The van der Waals surface area contributed by atoms with Gasteiger partial charge in [0, 0.05) is 31.7 Å². The lowest BCUT2D eigenvalue weighted by Crippen LogP contribution is -2.27. The standard InChI is InChI=1S/C17H22N4O2S/c1-11(22)19-15(10-12-2-4-14(18)5-3-12)17-21-20-16(24-17)13-6-8-23-9-7-13/h2-5,13,15H,6-10,18H2,1H3,(H,19,22)/t15-/m0/s1. The van der Waals surface area contributed by atoms with E-state index >= 15 is 0 Å². The molecule has 1 aliphatic rings. The molecule has 3 rings (SSSR count). The summed E-state index contributed by atoms with van der Waals surface area (Å²) < 4.78 is 5.41. The summed E-state index contributed by atoms with van der Waals surface area (Å²) in [5, 5.41) is 13.6. The number of carbonyl (C=O) groups is 1. The van der Waals surface area contributed by atoms with Crippen LogP contribution in [0.1, 0.15) is 47.3 Å².